The fourth-order valence-electron chi connectivity index (χ4n) is 7.69. The van der Waals surface area contributed by atoms with Crippen LogP contribution in [0.15, 0.2) is 97.8 Å². The number of aromatic nitrogens is 6. The summed E-state index contributed by atoms with van der Waals surface area (Å²) in [6.07, 6.45) is 12.6. The summed E-state index contributed by atoms with van der Waals surface area (Å²) in [5, 5.41) is 6.55. The van der Waals surface area contributed by atoms with Crippen LogP contribution in [0.5, 0.6) is 0 Å². The van der Waals surface area contributed by atoms with E-state index in [4.69, 9.17) is 15.7 Å². The second kappa shape index (κ2) is 15.6. The lowest BCUT2D eigenvalue weighted by molar-refractivity contribution is 0.255. The molecule has 4 aliphatic rings. The van der Waals surface area contributed by atoms with Gasteiger partial charge in [-0.2, -0.15) is 0 Å². The van der Waals surface area contributed by atoms with Crippen LogP contribution in [0.25, 0.3) is 22.5 Å². The minimum Gasteiger partial charge on any atom is -0.397 e. The molecule has 2 fully saturated rings. The SMILES string of the molecule is Cc1cc(-c2ccc3c(n2)N[C@H]2CCN3C2)ccn1.Cc1cncc(N)c1.Cc1cncc(NC(=O)N2c3nc(-c4ccnc(C)c4)ccc3N3CC[C@H]2C3)c1. The predicted molar refractivity (Wildman–Crippen MR) is 223 cm³/mol. The number of carbonyl (C=O) groups is 1. The van der Waals surface area contributed by atoms with Gasteiger partial charge in [-0.05, 0) is 112 Å². The molecule has 0 unspecified atom stereocenters. The first-order chi connectivity index (χ1) is 27.2. The molecule has 6 aromatic heterocycles. The number of urea groups is 1. The van der Waals surface area contributed by atoms with Crippen molar-refractivity contribution < 1.29 is 4.79 Å². The topological polar surface area (TPSA) is 154 Å². The normalized spacial score (nSPS) is 17.0. The van der Waals surface area contributed by atoms with E-state index in [2.05, 4.69) is 64.6 Å². The van der Waals surface area contributed by atoms with Crippen molar-refractivity contribution in [3.63, 3.8) is 0 Å². The van der Waals surface area contributed by atoms with E-state index >= 15 is 0 Å². The van der Waals surface area contributed by atoms with Gasteiger partial charge in [0.15, 0.2) is 11.6 Å². The van der Waals surface area contributed by atoms with Crippen LogP contribution in [0.1, 0.15) is 35.4 Å². The van der Waals surface area contributed by atoms with Crippen molar-refractivity contribution >= 4 is 40.4 Å². The number of fused-ring (bicyclic) bond motifs is 8. The number of rotatable bonds is 3. The molecule has 2 atom stereocenters. The van der Waals surface area contributed by atoms with Crippen LogP contribution in [0.4, 0.5) is 39.2 Å². The minimum absolute atomic E-state index is 0.113. The van der Waals surface area contributed by atoms with Crippen LogP contribution >= 0.6 is 0 Å². The number of anilines is 6. The maximum absolute atomic E-state index is 13.2. The molecule has 0 spiro atoms. The van der Waals surface area contributed by atoms with E-state index < -0.39 is 0 Å². The number of aryl methyl sites for hydroxylation is 4. The van der Waals surface area contributed by atoms with Crippen molar-refractivity contribution in [1.29, 1.82) is 0 Å². The Bertz CT molecular complexity index is 2370. The zero-order valence-corrected chi connectivity index (χ0v) is 32.1. The van der Waals surface area contributed by atoms with Crippen LogP contribution in [0, 0.1) is 27.7 Å². The van der Waals surface area contributed by atoms with E-state index in [1.165, 1.54) is 12.1 Å². The van der Waals surface area contributed by atoms with Crippen molar-refractivity contribution in [3.05, 3.63) is 120 Å². The minimum atomic E-state index is -0.166. The Kier molecular flexibility index (Phi) is 10.1. The lowest BCUT2D eigenvalue weighted by Crippen LogP contribution is -2.48. The summed E-state index contributed by atoms with van der Waals surface area (Å²) in [4.78, 5) is 46.0. The van der Waals surface area contributed by atoms with Gasteiger partial charge < -0.3 is 26.2 Å². The van der Waals surface area contributed by atoms with Crippen molar-refractivity contribution in [1.82, 2.24) is 29.9 Å². The highest BCUT2D eigenvalue weighted by Gasteiger charge is 2.40. The fourth-order valence-corrected chi connectivity index (χ4v) is 7.69. The van der Waals surface area contributed by atoms with Crippen molar-refractivity contribution in [2.24, 2.45) is 0 Å². The lowest BCUT2D eigenvalue weighted by atomic mass is 10.1. The number of nitrogen functional groups attached to an aromatic ring is 1. The number of nitrogens with one attached hydrogen (secondary N) is 2. The highest BCUT2D eigenvalue weighted by Crippen LogP contribution is 2.40. The summed E-state index contributed by atoms with van der Waals surface area (Å²) in [7, 11) is 0. The van der Waals surface area contributed by atoms with Gasteiger partial charge in [0.1, 0.15) is 0 Å². The summed E-state index contributed by atoms with van der Waals surface area (Å²) in [5.41, 5.74) is 17.1. The van der Waals surface area contributed by atoms with Gasteiger partial charge >= 0.3 is 6.03 Å². The molecule has 6 aromatic rings. The van der Waals surface area contributed by atoms with Crippen LogP contribution in [0.3, 0.4) is 0 Å². The quantitative estimate of drug-likeness (QED) is 0.168. The van der Waals surface area contributed by atoms with Gasteiger partial charge in [-0.3, -0.25) is 24.8 Å². The molecule has 0 aromatic carbocycles. The Labute approximate surface area is 327 Å². The second-order valence-corrected chi connectivity index (χ2v) is 14.8. The van der Waals surface area contributed by atoms with E-state index in [1.807, 2.05) is 75.2 Å². The molecule has 0 aliphatic carbocycles. The van der Waals surface area contributed by atoms with Gasteiger partial charge in [0.25, 0.3) is 0 Å². The van der Waals surface area contributed by atoms with Crippen molar-refractivity contribution in [3.8, 4) is 22.5 Å². The second-order valence-electron chi connectivity index (χ2n) is 14.8. The Hall–Kier alpha value is -6.63. The first kappa shape index (κ1) is 36.4. The Balaban J connectivity index is 0.000000139. The highest BCUT2D eigenvalue weighted by molar-refractivity contribution is 6.04. The number of pyridine rings is 6. The largest absolute Gasteiger partial charge is 0.397 e. The maximum Gasteiger partial charge on any atom is 0.327 e. The molecule has 56 heavy (non-hydrogen) atoms. The Morgan fingerprint density at radius 3 is 2.04 bits per heavy atom. The molecular formula is C43H46N12O. The number of nitrogens with two attached hydrogens (primary N) is 1. The lowest BCUT2D eigenvalue weighted by Gasteiger charge is -2.36. The average molecular weight is 747 g/mol. The average Bonchev–Trinajstić information content (AvgIpc) is 3.79. The third kappa shape index (κ3) is 7.92. The number of hydrogen-bond acceptors (Lipinski definition) is 11. The van der Waals surface area contributed by atoms with Crippen LogP contribution in [-0.4, -0.2) is 74.2 Å². The Morgan fingerprint density at radius 2 is 1.38 bits per heavy atom. The zero-order chi connectivity index (χ0) is 38.8. The van der Waals surface area contributed by atoms with Gasteiger partial charge in [0.2, 0.25) is 0 Å². The van der Waals surface area contributed by atoms with Crippen LogP contribution in [0.2, 0.25) is 0 Å². The van der Waals surface area contributed by atoms with Gasteiger partial charge in [-0.1, -0.05) is 0 Å². The molecule has 0 radical (unpaired) electrons. The molecule has 13 nitrogen and oxygen atoms in total. The van der Waals surface area contributed by atoms with Crippen LogP contribution in [-0.2, 0) is 0 Å². The molecule has 4 N–H and O–H groups in total. The van der Waals surface area contributed by atoms with E-state index in [-0.39, 0.29) is 12.1 Å². The van der Waals surface area contributed by atoms with Crippen molar-refractivity contribution in [2.75, 3.05) is 57.2 Å². The summed E-state index contributed by atoms with van der Waals surface area (Å²) in [6.45, 7) is 11.9. The molecule has 2 amide bonds. The van der Waals surface area contributed by atoms with E-state index in [0.717, 1.165) is 94.8 Å². The molecule has 10 rings (SSSR count). The molecule has 2 saturated heterocycles. The van der Waals surface area contributed by atoms with Gasteiger partial charge in [-0.15, -0.1) is 0 Å². The van der Waals surface area contributed by atoms with Gasteiger partial charge in [-0.25, -0.2) is 14.8 Å². The molecule has 0 saturated carbocycles. The number of hydrogen-bond donors (Lipinski definition) is 3. The third-order valence-corrected chi connectivity index (χ3v) is 10.3. The maximum atomic E-state index is 13.2. The Morgan fingerprint density at radius 1 is 0.732 bits per heavy atom. The van der Waals surface area contributed by atoms with Crippen molar-refractivity contribution in [2.45, 2.75) is 52.6 Å². The summed E-state index contributed by atoms with van der Waals surface area (Å²) >= 11 is 0. The molecule has 10 heterocycles. The monoisotopic (exact) mass is 746 g/mol. The van der Waals surface area contributed by atoms with E-state index in [0.29, 0.717) is 17.5 Å². The summed E-state index contributed by atoms with van der Waals surface area (Å²) in [6, 6.07) is 20.7. The van der Waals surface area contributed by atoms with Gasteiger partial charge in [0, 0.05) is 85.7 Å². The fraction of sp³-hybridized carbons (Fsp3) is 0.279. The van der Waals surface area contributed by atoms with E-state index in [9.17, 15) is 4.79 Å². The highest BCUT2D eigenvalue weighted by atomic mass is 16.2. The smallest absolute Gasteiger partial charge is 0.327 e. The number of carbonyl (C=O) groups excluding carboxylic acids is 1. The summed E-state index contributed by atoms with van der Waals surface area (Å²) < 4.78 is 0. The molecule has 13 heteroatoms. The molecule has 284 valence electrons. The van der Waals surface area contributed by atoms with E-state index in [1.54, 1.807) is 31.0 Å². The molecular weight excluding hydrogens is 701 g/mol. The van der Waals surface area contributed by atoms with Gasteiger partial charge in [0.05, 0.1) is 46.4 Å². The first-order valence-corrected chi connectivity index (χ1v) is 19.0. The zero-order valence-electron chi connectivity index (χ0n) is 32.1. The molecule has 4 bridgehead atoms. The summed E-state index contributed by atoms with van der Waals surface area (Å²) in [5.74, 6) is 1.74. The third-order valence-electron chi connectivity index (χ3n) is 10.3. The first-order valence-electron chi connectivity index (χ1n) is 19.0. The number of amides is 2. The van der Waals surface area contributed by atoms with Crippen LogP contribution < -0.4 is 31.1 Å². The standard InChI is InChI=1S/C22H22N6O.C15H16N4.C6H8N2/c1-14-9-17(12-23-11-14)25-22(29)28-18-6-8-27(13-18)20-4-3-19(26-21(20)28)16-5-7-24-15(2)10-16;1-10-8-11(4-6-16-10)13-2-3-14-15(18-13)17-12-5-7-19(14)9-12;1-5-2-6(7)4-8-3-5/h3-5,7,9-12,18H,6,8,13H2,1-2H3,(H,25,29);2-4,6,8,12H,5,7,9H2,1H3,(H,17,18);2-4H,7H2,1H3/t18-;12-;/m00./s1. The predicted octanol–water partition coefficient (Wildman–Crippen LogP) is 7.21. The number of nitrogens with zero attached hydrogens (tertiary/aromatic N) is 9. The molecule has 4 aliphatic heterocycles.